The lowest BCUT2D eigenvalue weighted by Crippen LogP contribution is -2.62. The van der Waals surface area contributed by atoms with E-state index >= 15 is 0 Å². The zero-order valence-corrected chi connectivity index (χ0v) is 14.5. The standard InChI is InChI=1S/C16H19FN2O7/c1-4-25-14(21)16(18-10(3)20,15(22)26-5-2)9-11-8-12(17)6-7-13(11)19(23)24/h6-8H,4-5,9H2,1-3H3,(H,18,20). The third-order valence-corrected chi connectivity index (χ3v) is 3.33. The number of nitrogens with zero attached hydrogens (tertiary/aromatic N) is 1. The molecule has 0 aliphatic rings. The number of halogens is 1. The fraction of sp³-hybridized carbons (Fsp3) is 0.438. The van der Waals surface area contributed by atoms with Crippen LogP contribution in [0.25, 0.3) is 0 Å². The van der Waals surface area contributed by atoms with Crippen molar-refractivity contribution in [1.29, 1.82) is 0 Å². The van der Waals surface area contributed by atoms with Crippen molar-refractivity contribution in [3.8, 4) is 0 Å². The highest BCUT2D eigenvalue weighted by molar-refractivity contribution is 6.08. The first-order valence-electron chi connectivity index (χ1n) is 7.74. The third-order valence-electron chi connectivity index (χ3n) is 3.33. The molecule has 1 rings (SSSR count). The molecule has 0 heterocycles. The molecular weight excluding hydrogens is 351 g/mol. The number of carbonyl (C=O) groups excluding carboxylic acids is 3. The fourth-order valence-corrected chi connectivity index (χ4v) is 2.34. The van der Waals surface area contributed by atoms with Gasteiger partial charge in [-0.2, -0.15) is 0 Å². The SMILES string of the molecule is CCOC(=O)C(Cc1cc(F)ccc1[N+](=O)[O-])(NC(C)=O)C(=O)OCC. The molecule has 1 aromatic rings. The molecule has 0 saturated carbocycles. The number of carbonyl (C=O) groups is 3. The number of rotatable bonds is 8. The lowest BCUT2D eigenvalue weighted by molar-refractivity contribution is -0.385. The summed E-state index contributed by atoms with van der Waals surface area (Å²) in [6.45, 7) is 3.77. The second kappa shape index (κ2) is 8.88. The number of amides is 1. The summed E-state index contributed by atoms with van der Waals surface area (Å²) in [5.74, 6) is -3.90. The van der Waals surface area contributed by atoms with Gasteiger partial charge in [-0.05, 0) is 26.0 Å². The minimum atomic E-state index is -2.38. The van der Waals surface area contributed by atoms with Crippen LogP contribution < -0.4 is 5.32 Å². The van der Waals surface area contributed by atoms with E-state index in [-0.39, 0.29) is 18.8 Å². The average molecular weight is 370 g/mol. The normalized spacial score (nSPS) is 10.8. The van der Waals surface area contributed by atoms with Crippen molar-refractivity contribution < 1.29 is 33.2 Å². The fourth-order valence-electron chi connectivity index (χ4n) is 2.34. The number of ether oxygens (including phenoxy) is 2. The number of nitrogens with one attached hydrogen (secondary N) is 1. The largest absolute Gasteiger partial charge is 0.464 e. The molecule has 26 heavy (non-hydrogen) atoms. The van der Waals surface area contributed by atoms with Crippen molar-refractivity contribution in [2.75, 3.05) is 13.2 Å². The molecule has 0 unspecified atom stereocenters. The Morgan fingerprint density at radius 3 is 2.15 bits per heavy atom. The van der Waals surface area contributed by atoms with Gasteiger partial charge in [0.1, 0.15) is 5.82 Å². The smallest absolute Gasteiger partial charge is 0.344 e. The number of esters is 2. The van der Waals surface area contributed by atoms with E-state index < -0.39 is 46.2 Å². The lowest BCUT2D eigenvalue weighted by Gasteiger charge is -2.29. The van der Waals surface area contributed by atoms with Gasteiger partial charge in [-0.15, -0.1) is 0 Å². The summed E-state index contributed by atoms with van der Waals surface area (Å²) in [5, 5.41) is 13.4. The van der Waals surface area contributed by atoms with Gasteiger partial charge < -0.3 is 14.8 Å². The van der Waals surface area contributed by atoms with Gasteiger partial charge in [0, 0.05) is 25.0 Å². The highest BCUT2D eigenvalue weighted by atomic mass is 19.1. The summed E-state index contributed by atoms with van der Waals surface area (Å²) >= 11 is 0. The molecule has 0 aliphatic heterocycles. The molecule has 1 N–H and O–H groups in total. The molecule has 10 heteroatoms. The summed E-state index contributed by atoms with van der Waals surface area (Å²) in [6, 6.07) is 2.59. The van der Waals surface area contributed by atoms with Crippen LogP contribution in [0.5, 0.6) is 0 Å². The molecule has 9 nitrogen and oxygen atoms in total. The van der Waals surface area contributed by atoms with Crippen molar-refractivity contribution in [2.24, 2.45) is 0 Å². The van der Waals surface area contributed by atoms with E-state index in [4.69, 9.17) is 9.47 Å². The first-order chi connectivity index (χ1) is 12.2. The van der Waals surface area contributed by atoms with Crippen LogP contribution in [-0.4, -0.2) is 41.5 Å². The zero-order valence-electron chi connectivity index (χ0n) is 14.5. The predicted octanol–water partition coefficient (Wildman–Crippen LogP) is 1.28. The second-order valence-corrected chi connectivity index (χ2v) is 5.23. The van der Waals surface area contributed by atoms with Crippen molar-refractivity contribution >= 4 is 23.5 Å². The third kappa shape index (κ3) is 4.74. The summed E-state index contributed by atoms with van der Waals surface area (Å²) in [7, 11) is 0. The van der Waals surface area contributed by atoms with Crippen LogP contribution in [-0.2, 0) is 30.3 Å². The molecule has 0 atom stereocenters. The summed E-state index contributed by atoms with van der Waals surface area (Å²) < 4.78 is 23.3. The van der Waals surface area contributed by atoms with Gasteiger partial charge in [-0.3, -0.25) is 14.9 Å². The second-order valence-electron chi connectivity index (χ2n) is 5.23. The van der Waals surface area contributed by atoms with E-state index in [0.717, 1.165) is 25.1 Å². The van der Waals surface area contributed by atoms with Crippen molar-refractivity contribution in [2.45, 2.75) is 32.7 Å². The van der Waals surface area contributed by atoms with Crippen LogP contribution in [0.2, 0.25) is 0 Å². The minimum absolute atomic E-state index is 0.120. The summed E-state index contributed by atoms with van der Waals surface area (Å²) in [6.07, 6.45) is -0.710. The summed E-state index contributed by atoms with van der Waals surface area (Å²) in [4.78, 5) is 47.0. The molecule has 1 amide bonds. The number of nitro benzene ring substituents is 1. The minimum Gasteiger partial charge on any atom is -0.464 e. The maximum absolute atomic E-state index is 13.6. The Bertz CT molecular complexity index is 703. The molecule has 0 aromatic heterocycles. The van der Waals surface area contributed by atoms with Crippen molar-refractivity contribution in [3.63, 3.8) is 0 Å². The van der Waals surface area contributed by atoms with E-state index in [0.29, 0.717) is 0 Å². The zero-order chi connectivity index (χ0) is 19.9. The van der Waals surface area contributed by atoms with Crippen LogP contribution >= 0.6 is 0 Å². The molecule has 142 valence electrons. The Kier molecular flexibility index (Phi) is 7.17. The van der Waals surface area contributed by atoms with Crippen LogP contribution in [0.1, 0.15) is 26.3 Å². The lowest BCUT2D eigenvalue weighted by atomic mass is 9.89. The number of nitro groups is 1. The number of hydrogen-bond acceptors (Lipinski definition) is 7. The highest BCUT2D eigenvalue weighted by Gasteiger charge is 2.51. The molecule has 0 bridgehead atoms. The van der Waals surface area contributed by atoms with Gasteiger partial charge in [0.15, 0.2) is 0 Å². The predicted molar refractivity (Wildman–Crippen MR) is 86.6 cm³/mol. The Morgan fingerprint density at radius 1 is 1.19 bits per heavy atom. The van der Waals surface area contributed by atoms with Gasteiger partial charge >= 0.3 is 11.9 Å². The maximum Gasteiger partial charge on any atom is 0.344 e. The van der Waals surface area contributed by atoms with Gasteiger partial charge in [-0.25, -0.2) is 14.0 Å². The van der Waals surface area contributed by atoms with E-state index in [1.165, 1.54) is 13.8 Å². The Labute approximate surface area is 148 Å². The summed E-state index contributed by atoms with van der Waals surface area (Å²) in [5.41, 5.74) is -3.17. The molecule has 0 aliphatic carbocycles. The molecule has 0 saturated heterocycles. The molecule has 0 fully saturated rings. The highest BCUT2D eigenvalue weighted by Crippen LogP contribution is 2.26. The quantitative estimate of drug-likeness (QED) is 0.316. The van der Waals surface area contributed by atoms with Crippen LogP contribution in [0.15, 0.2) is 18.2 Å². The van der Waals surface area contributed by atoms with Gasteiger partial charge in [0.05, 0.1) is 18.1 Å². The number of hydrogen-bond donors (Lipinski definition) is 1. The average Bonchev–Trinajstić information content (AvgIpc) is 2.53. The molecular formula is C16H19FN2O7. The van der Waals surface area contributed by atoms with E-state index in [1.807, 2.05) is 0 Å². The van der Waals surface area contributed by atoms with Gasteiger partial charge in [-0.1, -0.05) is 0 Å². The topological polar surface area (TPSA) is 125 Å². The van der Waals surface area contributed by atoms with E-state index in [2.05, 4.69) is 5.32 Å². The van der Waals surface area contributed by atoms with Crippen molar-refractivity contribution in [3.05, 3.63) is 39.7 Å². The van der Waals surface area contributed by atoms with Crippen LogP contribution in [0.4, 0.5) is 10.1 Å². The Morgan fingerprint density at radius 2 is 1.73 bits per heavy atom. The van der Waals surface area contributed by atoms with E-state index in [9.17, 15) is 28.9 Å². The van der Waals surface area contributed by atoms with Crippen LogP contribution in [0, 0.1) is 15.9 Å². The monoisotopic (exact) mass is 370 g/mol. The van der Waals surface area contributed by atoms with E-state index in [1.54, 1.807) is 0 Å². The van der Waals surface area contributed by atoms with Crippen LogP contribution in [0.3, 0.4) is 0 Å². The van der Waals surface area contributed by atoms with Gasteiger partial charge in [0.25, 0.3) is 5.69 Å². The molecule has 0 spiro atoms. The maximum atomic E-state index is 13.6. The molecule has 0 radical (unpaired) electrons. The number of benzene rings is 1. The Hall–Kier alpha value is -3.04. The molecule has 1 aromatic carbocycles. The first-order valence-corrected chi connectivity index (χ1v) is 7.74. The van der Waals surface area contributed by atoms with Crippen molar-refractivity contribution in [1.82, 2.24) is 5.32 Å². The first kappa shape index (κ1) is 21.0. The Balaban J connectivity index is 3.55. The van der Waals surface area contributed by atoms with Gasteiger partial charge in [0.2, 0.25) is 11.4 Å².